The van der Waals surface area contributed by atoms with Crippen molar-refractivity contribution in [1.82, 2.24) is 0 Å². The van der Waals surface area contributed by atoms with Gasteiger partial charge in [0.25, 0.3) is 0 Å². The maximum absolute atomic E-state index is 12.7. The summed E-state index contributed by atoms with van der Waals surface area (Å²) in [5.74, 6) is -0.827. The van der Waals surface area contributed by atoms with Crippen LogP contribution in [0.3, 0.4) is 0 Å². The summed E-state index contributed by atoms with van der Waals surface area (Å²) in [4.78, 5) is 35.3. The lowest BCUT2D eigenvalue weighted by atomic mass is 10.0. The van der Waals surface area contributed by atoms with Crippen LogP contribution in [-0.4, -0.2) is 49.3 Å². The normalized spacial score (nSPS) is 13.8. The van der Waals surface area contributed by atoms with Gasteiger partial charge >= 0.3 is 19.8 Å². The molecule has 0 bridgehead atoms. The van der Waals surface area contributed by atoms with E-state index in [-0.39, 0.29) is 38.6 Å². The Kier molecular flexibility index (Phi) is 63.6. The molecule has 10 heteroatoms. The Balaban J connectivity index is 3.93. The zero-order chi connectivity index (χ0) is 59.4. The summed E-state index contributed by atoms with van der Waals surface area (Å²) in [6, 6.07) is 0. The molecular formula is C72H124NO8P. The average Bonchev–Trinajstić information content (AvgIpc) is 3.47. The van der Waals surface area contributed by atoms with Crippen molar-refractivity contribution in [2.24, 2.45) is 5.73 Å². The molecule has 82 heavy (non-hydrogen) atoms. The molecule has 0 saturated heterocycles. The second-order valence-corrected chi connectivity index (χ2v) is 23.4. The molecule has 0 aromatic carbocycles. The molecule has 0 aromatic heterocycles. The first-order valence-electron chi connectivity index (χ1n) is 33.5. The van der Waals surface area contributed by atoms with Gasteiger partial charge in [-0.1, -0.05) is 309 Å². The number of unbranched alkanes of at least 4 members (excludes halogenated alkanes) is 29. The fraction of sp³-hybridized carbons (Fsp3) is 0.694. The van der Waals surface area contributed by atoms with Crippen LogP contribution in [0.5, 0.6) is 0 Å². The van der Waals surface area contributed by atoms with Crippen molar-refractivity contribution in [3.05, 3.63) is 122 Å². The fourth-order valence-electron chi connectivity index (χ4n) is 9.20. The number of rotatable bonds is 62. The Hall–Kier alpha value is -3.59. The van der Waals surface area contributed by atoms with Gasteiger partial charge in [0, 0.05) is 19.4 Å². The molecule has 0 fully saturated rings. The molecule has 470 valence electrons. The van der Waals surface area contributed by atoms with Crippen LogP contribution in [0.1, 0.15) is 290 Å². The zero-order valence-corrected chi connectivity index (χ0v) is 53.6. The smallest absolute Gasteiger partial charge is 0.462 e. The van der Waals surface area contributed by atoms with Crippen LogP contribution in [-0.2, 0) is 32.7 Å². The van der Waals surface area contributed by atoms with Gasteiger partial charge in [0.15, 0.2) is 6.10 Å². The second kappa shape index (κ2) is 66.5. The Morgan fingerprint density at radius 2 is 0.671 bits per heavy atom. The number of nitrogens with two attached hydrogens (primary N) is 1. The number of esters is 2. The van der Waals surface area contributed by atoms with Gasteiger partial charge in [0.05, 0.1) is 13.2 Å². The van der Waals surface area contributed by atoms with E-state index in [1.54, 1.807) is 0 Å². The lowest BCUT2D eigenvalue weighted by molar-refractivity contribution is -0.161. The quantitative estimate of drug-likeness (QED) is 0.0264. The number of hydrogen-bond donors (Lipinski definition) is 2. The maximum Gasteiger partial charge on any atom is 0.472 e. The van der Waals surface area contributed by atoms with Crippen LogP contribution < -0.4 is 5.73 Å². The maximum atomic E-state index is 12.7. The van der Waals surface area contributed by atoms with Crippen LogP contribution >= 0.6 is 7.82 Å². The van der Waals surface area contributed by atoms with E-state index < -0.39 is 26.5 Å². The molecule has 0 radical (unpaired) electrons. The van der Waals surface area contributed by atoms with Crippen LogP contribution in [0.4, 0.5) is 0 Å². The zero-order valence-electron chi connectivity index (χ0n) is 52.7. The molecule has 0 saturated carbocycles. The SMILES string of the molecule is CC/C=C\C/C=C\C/C=C\C/C=C\C/C=C\C/C=C\C/C=C\C/C=C\C/C=C\C/C=C\CCCCCCCCCCCCC(=O)OC(COC(=O)CCCCCCCCCCCCCCCCCCCCCC)COP(=O)(O)OCCN. The molecular weight excluding hydrogens is 1040 g/mol. The molecule has 2 unspecified atom stereocenters. The minimum absolute atomic E-state index is 0.0495. The van der Waals surface area contributed by atoms with Crippen LogP contribution in [0.15, 0.2) is 122 Å². The lowest BCUT2D eigenvalue weighted by Gasteiger charge is -2.19. The van der Waals surface area contributed by atoms with E-state index in [0.717, 1.165) is 109 Å². The van der Waals surface area contributed by atoms with E-state index in [2.05, 4.69) is 135 Å². The standard InChI is InChI=1S/C72H124NO8P/c1-3-5-7-9-11-13-15-17-19-21-23-25-26-27-28-29-30-31-32-33-34-35-36-37-38-39-40-41-42-43-44-45-47-49-51-53-55-57-59-61-63-65-72(75)81-70(69-80-82(76,77)79-67-66-73)68-78-71(74)64-62-60-58-56-54-52-50-48-46-24-22-20-18-16-14-12-10-8-6-4-2/h5,7,11,13,17,19,23,25,27-28,30-31,33-34,36-37,39-40,42-43,70H,3-4,6,8-10,12,14-16,18,20-22,24,26,29,32,35,38,41,44-69,73H2,1-2H3,(H,76,77)/b7-5-,13-11-,19-17-,25-23-,28-27-,31-30-,34-33-,37-36-,40-39-,43-42-. The summed E-state index contributed by atoms with van der Waals surface area (Å²) in [6.07, 6.45) is 92.8. The molecule has 0 aliphatic carbocycles. The fourth-order valence-corrected chi connectivity index (χ4v) is 9.96. The molecule has 0 spiro atoms. The Morgan fingerprint density at radius 1 is 0.378 bits per heavy atom. The van der Waals surface area contributed by atoms with Gasteiger partial charge in [-0.2, -0.15) is 0 Å². The monoisotopic (exact) mass is 1160 g/mol. The highest BCUT2D eigenvalue weighted by Gasteiger charge is 2.26. The molecule has 2 atom stereocenters. The first-order valence-corrected chi connectivity index (χ1v) is 35.0. The Bertz CT molecular complexity index is 1760. The minimum atomic E-state index is -4.40. The minimum Gasteiger partial charge on any atom is -0.462 e. The van der Waals surface area contributed by atoms with Gasteiger partial charge in [-0.25, -0.2) is 4.57 Å². The summed E-state index contributed by atoms with van der Waals surface area (Å²) in [5.41, 5.74) is 5.39. The highest BCUT2D eigenvalue weighted by Crippen LogP contribution is 2.43. The van der Waals surface area contributed by atoms with E-state index in [1.165, 1.54) is 148 Å². The Labute approximate surface area is 504 Å². The number of carbonyl (C=O) groups is 2. The largest absolute Gasteiger partial charge is 0.472 e. The van der Waals surface area contributed by atoms with Crippen LogP contribution in [0.2, 0.25) is 0 Å². The van der Waals surface area contributed by atoms with E-state index in [9.17, 15) is 19.0 Å². The molecule has 0 aliphatic heterocycles. The molecule has 0 rings (SSSR count). The molecule has 3 N–H and O–H groups in total. The van der Waals surface area contributed by atoms with Crippen molar-refractivity contribution in [2.45, 2.75) is 296 Å². The summed E-state index contributed by atoms with van der Waals surface area (Å²) in [7, 11) is -4.40. The van der Waals surface area contributed by atoms with Crippen molar-refractivity contribution >= 4 is 19.8 Å². The van der Waals surface area contributed by atoms with Crippen molar-refractivity contribution in [3.8, 4) is 0 Å². The summed E-state index contributed by atoms with van der Waals surface area (Å²) < 4.78 is 33.1. The molecule has 9 nitrogen and oxygen atoms in total. The number of phosphoric ester groups is 1. The number of allylic oxidation sites excluding steroid dienone is 20. The first-order chi connectivity index (χ1) is 40.3. The van der Waals surface area contributed by atoms with Gasteiger partial charge in [-0.15, -0.1) is 0 Å². The Morgan fingerprint density at radius 3 is 1.00 bits per heavy atom. The van der Waals surface area contributed by atoms with Crippen molar-refractivity contribution in [3.63, 3.8) is 0 Å². The van der Waals surface area contributed by atoms with Crippen molar-refractivity contribution in [2.75, 3.05) is 26.4 Å². The van der Waals surface area contributed by atoms with E-state index in [4.69, 9.17) is 24.3 Å². The molecule has 0 aliphatic rings. The van der Waals surface area contributed by atoms with E-state index in [1.807, 2.05) is 0 Å². The van der Waals surface area contributed by atoms with Crippen LogP contribution in [0, 0.1) is 0 Å². The summed E-state index contributed by atoms with van der Waals surface area (Å²) in [5, 5.41) is 0. The predicted octanol–water partition coefficient (Wildman–Crippen LogP) is 21.9. The summed E-state index contributed by atoms with van der Waals surface area (Å²) in [6.45, 7) is 3.65. The van der Waals surface area contributed by atoms with E-state index >= 15 is 0 Å². The predicted molar refractivity (Wildman–Crippen MR) is 353 cm³/mol. The van der Waals surface area contributed by atoms with Gasteiger partial charge in [-0.3, -0.25) is 18.6 Å². The third-order valence-electron chi connectivity index (χ3n) is 14.1. The van der Waals surface area contributed by atoms with Gasteiger partial charge < -0.3 is 20.1 Å². The molecule has 0 heterocycles. The van der Waals surface area contributed by atoms with Crippen molar-refractivity contribution < 1.29 is 37.6 Å². The highest BCUT2D eigenvalue weighted by atomic mass is 31.2. The third-order valence-corrected chi connectivity index (χ3v) is 15.1. The van der Waals surface area contributed by atoms with Crippen LogP contribution in [0.25, 0.3) is 0 Å². The topological polar surface area (TPSA) is 134 Å². The average molecular weight is 1160 g/mol. The second-order valence-electron chi connectivity index (χ2n) is 22.0. The van der Waals surface area contributed by atoms with Gasteiger partial charge in [0.1, 0.15) is 6.61 Å². The lowest BCUT2D eigenvalue weighted by Crippen LogP contribution is -2.29. The third kappa shape index (κ3) is 65.6. The van der Waals surface area contributed by atoms with Gasteiger partial charge in [0.2, 0.25) is 0 Å². The highest BCUT2D eigenvalue weighted by molar-refractivity contribution is 7.47. The van der Waals surface area contributed by atoms with Crippen molar-refractivity contribution in [1.29, 1.82) is 0 Å². The van der Waals surface area contributed by atoms with Gasteiger partial charge in [-0.05, 0) is 89.9 Å². The number of ether oxygens (including phenoxy) is 2. The molecule has 0 aromatic rings. The number of phosphoric acid groups is 1. The summed E-state index contributed by atoms with van der Waals surface area (Å²) >= 11 is 0. The number of carbonyl (C=O) groups excluding carboxylic acids is 2. The number of hydrogen-bond acceptors (Lipinski definition) is 8. The molecule has 0 amide bonds. The first kappa shape index (κ1) is 78.4. The van der Waals surface area contributed by atoms with E-state index in [0.29, 0.717) is 6.42 Å².